The summed E-state index contributed by atoms with van der Waals surface area (Å²) in [5, 5.41) is 1.40. The van der Waals surface area contributed by atoms with Crippen LogP contribution < -0.4 is 5.30 Å². The van der Waals surface area contributed by atoms with Gasteiger partial charge in [-0.3, -0.25) is 4.67 Å². The zero-order valence-electron chi connectivity index (χ0n) is 6.65. The van der Waals surface area contributed by atoms with Gasteiger partial charge in [0.25, 0.3) is 0 Å². The van der Waals surface area contributed by atoms with E-state index < -0.39 is 0 Å². The summed E-state index contributed by atoms with van der Waals surface area (Å²) in [6, 6.07) is 10.5. The van der Waals surface area contributed by atoms with Gasteiger partial charge in [0.1, 0.15) is 0 Å². The summed E-state index contributed by atoms with van der Waals surface area (Å²) in [4.78, 5) is 0. The molecule has 11 heavy (non-hydrogen) atoms. The summed E-state index contributed by atoms with van der Waals surface area (Å²) in [6.07, 6.45) is 0. The minimum Gasteiger partial charge on any atom is -0.287 e. The summed E-state index contributed by atoms with van der Waals surface area (Å²) in [5.41, 5.74) is 0. The first kappa shape index (κ1) is 11.3. The molecule has 0 aliphatic heterocycles. The van der Waals surface area contributed by atoms with Crippen molar-refractivity contribution >= 4 is 14.0 Å². The van der Waals surface area contributed by atoms with Gasteiger partial charge in [0.15, 0.2) is 0 Å². The van der Waals surface area contributed by atoms with Gasteiger partial charge < -0.3 is 0 Å². The molecule has 0 heterocycles. The van der Waals surface area contributed by atoms with Crippen molar-refractivity contribution in [2.75, 3.05) is 14.1 Å². The van der Waals surface area contributed by atoms with Crippen LogP contribution in [0.1, 0.15) is 0 Å². The number of nitrogens with zero attached hydrogens (tertiary/aromatic N) is 1. The van der Waals surface area contributed by atoms with Gasteiger partial charge in [-0.2, -0.15) is 0 Å². The molecule has 0 spiro atoms. The molecule has 0 bridgehead atoms. The van der Waals surface area contributed by atoms with Gasteiger partial charge in [0.05, 0.1) is 0 Å². The fourth-order valence-corrected chi connectivity index (χ4v) is 1.63. The van der Waals surface area contributed by atoms with Crippen molar-refractivity contribution in [2.45, 2.75) is 0 Å². The van der Waals surface area contributed by atoms with Crippen LogP contribution in [0.2, 0.25) is 0 Å². The second kappa shape index (κ2) is 5.86. The predicted molar refractivity (Wildman–Crippen MR) is 48.1 cm³/mol. The van der Waals surface area contributed by atoms with Crippen LogP contribution in [-0.2, 0) is 20.4 Å². The summed E-state index contributed by atoms with van der Waals surface area (Å²) in [6.45, 7) is 0. The zero-order chi connectivity index (χ0) is 7.40. The Morgan fingerprint density at radius 3 is 2.09 bits per heavy atom. The molecule has 3 heteroatoms. The summed E-state index contributed by atoms with van der Waals surface area (Å²) < 4.78 is 2.19. The molecule has 0 aliphatic carbocycles. The minimum atomic E-state index is 0. The molecule has 0 aromatic heterocycles. The number of rotatable bonds is 2. The average Bonchev–Trinajstić information content (AvgIpc) is 1.88. The third-order valence-electron chi connectivity index (χ3n) is 1.13. The van der Waals surface area contributed by atoms with Gasteiger partial charge in [-0.25, -0.2) is 0 Å². The molecule has 1 atom stereocenters. The Morgan fingerprint density at radius 1 is 1.09 bits per heavy atom. The van der Waals surface area contributed by atoms with Gasteiger partial charge in [-0.05, 0) is 28.1 Å². The molecule has 1 unspecified atom stereocenters. The van der Waals surface area contributed by atoms with Crippen LogP contribution in [0.3, 0.4) is 0 Å². The maximum atomic E-state index is 2.19. The Bertz CT molecular complexity index is 189. The van der Waals surface area contributed by atoms with Crippen molar-refractivity contribution in [1.82, 2.24) is 4.67 Å². The fraction of sp³-hybridized carbons (Fsp3) is 0.250. The first-order valence-electron chi connectivity index (χ1n) is 3.28. The Hall–Kier alpha value is 0.272. The molecule has 0 fully saturated rings. The van der Waals surface area contributed by atoms with Crippen molar-refractivity contribution in [3.63, 3.8) is 0 Å². The number of hydrogen-bond donors (Lipinski definition) is 0. The molecular weight excluding hydrogens is 247 g/mol. The first-order chi connectivity index (χ1) is 4.79. The van der Waals surface area contributed by atoms with E-state index in [0.717, 1.165) is 8.73 Å². The average molecular weight is 260 g/mol. The van der Waals surface area contributed by atoms with Crippen LogP contribution in [0, 0.1) is 0 Å². The first-order valence-corrected chi connectivity index (χ1v) is 4.23. The minimum absolute atomic E-state index is 0. The quantitative estimate of drug-likeness (QED) is 0.574. The third-order valence-corrected chi connectivity index (χ3v) is 2.17. The summed E-state index contributed by atoms with van der Waals surface area (Å²) in [5.74, 6) is 0. The van der Waals surface area contributed by atoms with Gasteiger partial charge in [0, 0.05) is 20.4 Å². The molecule has 0 amide bonds. The van der Waals surface area contributed by atoms with Gasteiger partial charge >= 0.3 is 0 Å². The van der Waals surface area contributed by atoms with E-state index >= 15 is 0 Å². The van der Waals surface area contributed by atoms with E-state index in [2.05, 4.69) is 43.0 Å². The molecule has 0 saturated carbocycles. The van der Waals surface area contributed by atoms with Crippen LogP contribution >= 0.6 is 8.73 Å². The van der Waals surface area contributed by atoms with Crippen molar-refractivity contribution < 1.29 is 20.4 Å². The van der Waals surface area contributed by atoms with Gasteiger partial charge in [0.2, 0.25) is 0 Å². The van der Waals surface area contributed by atoms with Crippen LogP contribution in [0.4, 0.5) is 0 Å². The molecular formula is C8H12NPPd. The fourth-order valence-electron chi connectivity index (χ4n) is 0.771. The monoisotopic (exact) mass is 259 g/mol. The van der Waals surface area contributed by atoms with Crippen LogP contribution in [-0.4, -0.2) is 18.8 Å². The van der Waals surface area contributed by atoms with Crippen LogP contribution in [0.25, 0.3) is 0 Å². The van der Waals surface area contributed by atoms with Crippen LogP contribution in [0.5, 0.6) is 0 Å². The van der Waals surface area contributed by atoms with Crippen molar-refractivity contribution in [1.29, 1.82) is 0 Å². The third kappa shape index (κ3) is 4.67. The molecule has 1 aromatic carbocycles. The van der Waals surface area contributed by atoms with Crippen molar-refractivity contribution in [3.8, 4) is 0 Å². The van der Waals surface area contributed by atoms with Crippen LogP contribution in [0.15, 0.2) is 30.3 Å². The van der Waals surface area contributed by atoms with E-state index in [1.165, 1.54) is 5.30 Å². The van der Waals surface area contributed by atoms with E-state index in [-0.39, 0.29) is 20.4 Å². The molecule has 1 nitrogen and oxygen atoms in total. The van der Waals surface area contributed by atoms with Crippen molar-refractivity contribution in [3.05, 3.63) is 30.3 Å². The van der Waals surface area contributed by atoms with Crippen molar-refractivity contribution in [2.24, 2.45) is 0 Å². The molecule has 64 valence electrons. The topological polar surface area (TPSA) is 3.24 Å². The second-order valence-corrected chi connectivity index (χ2v) is 4.07. The zero-order valence-corrected chi connectivity index (χ0v) is 9.20. The maximum Gasteiger partial charge on any atom is 0 e. The second-order valence-electron chi connectivity index (χ2n) is 2.37. The van der Waals surface area contributed by atoms with E-state index in [0.29, 0.717) is 0 Å². The van der Waals surface area contributed by atoms with E-state index in [9.17, 15) is 0 Å². The summed E-state index contributed by atoms with van der Waals surface area (Å²) >= 11 is 0. The molecule has 1 rings (SSSR count). The largest absolute Gasteiger partial charge is 0.287 e. The Kier molecular flexibility index (Phi) is 6.01. The standard InChI is InChI=1S/C8H12NP.Pd/c1-9(2)10-8-6-4-3-5-7-8;/h3-7,10H,1-2H3;. The van der Waals surface area contributed by atoms with Gasteiger partial charge in [-0.1, -0.05) is 30.3 Å². The Morgan fingerprint density at radius 2 is 1.64 bits per heavy atom. The number of benzene rings is 1. The van der Waals surface area contributed by atoms with E-state index in [4.69, 9.17) is 0 Å². The maximum absolute atomic E-state index is 2.19. The molecule has 0 N–H and O–H groups in total. The SMILES string of the molecule is CN(C)Pc1ccccc1.[Pd]. The van der Waals surface area contributed by atoms with E-state index in [1.807, 2.05) is 6.07 Å². The predicted octanol–water partition coefficient (Wildman–Crippen LogP) is 1.46. The van der Waals surface area contributed by atoms with E-state index in [1.54, 1.807) is 0 Å². The normalized spacial score (nSPS) is 10.5. The Balaban J connectivity index is 0.000001000. The smallest absolute Gasteiger partial charge is 0 e. The van der Waals surface area contributed by atoms with Gasteiger partial charge in [-0.15, -0.1) is 0 Å². The molecule has 0 aliphatic rings. The number of hydrogen-bond acceptors (Lipinski definition) is 1. The molecule has 0 radical (unpaired) electrons. The Labute approximate surface area is 83.7 Å². The molecule has 0 saturated heterocycles. The summed E-state index contributed by atoms with van der Waals surface area (Å²) in [7, 11) is 4.97. The molecule has 1 aromatic rings.